The van der Waals surface area contributed by atoms with E-state index in [-0.39, 0.29) is 23.8 Å². The van der Waals surface area contributed by atoms with E-state index in [0.717, 1.165) is 0 Å². The molecule has 0 aliphatic carbocycles. The Morgan fingerprint density at radius 3 is 2.55 bits per heavy atom. The minimum absolute atomic E-state index is 0.0197. The first-order valence-electron chi connectivity index (χ1n) is 9.26. The third kappa shape index (κ3) is 5.80. The average molecular weight is 417 g/mol. The maximum Gasteiger partial charge on any atom is 0.307 e. The number of benzene rings is 2. The summed E-state index contributed by atoms with van der Waals surface area (Å²) in [6.07, 6.45) is -0.744. The van der Waals surface area contributed by atoms with Gasteiger partial charge in [-0.3, -0.25) is 9.59 Å². The molecule has 1 N–H and O–H groups in total. The van der Waals surface area contributed by atoms with Crippen LogP contribution in [-0.2, 0) is 24.2 Å². The Balaban J connectivity index is 1.72. The second kappa shape index (κ2) is 9.09. The van der Waals surface area contributed by atoms with Gasteiger partial charge in [-0.2, -0.15) is 0 Å². The highest BCUT2D eigenvalue weighted by molar-refractivity contribution is 7.91. The van der Waals surface area contributed by atoms with Gasteiger partial charge in [-0.15, -0.1) is 0 Å². The van der Waals surface area contributed by atoms with Crippen LogP contribution in [0.15, 0.2) is 54.6 Å². The molecule has 3 rings (SSSR count). The Morgan fingerprint density at radius 1 is 1.14 bits per heavy atom. The van der Waals surface area contributed by atoms with Gasteiger partial charge in [-0.1, -0.05) is 36.4 Å². The number of carbonyl (C=O) groups is 2. The van der Waals surface area contributed by atoms with Crippen molar-refractivity contribution in [1.29, 1.82) is 0 Å². The van der Waals surface area contributed by atoms with Gasteiger partial charge in [0.05, 0.1) is 18.6 Å². The second-order valence-corrected chi connectivity index (χ2v) is 9.20. The van der Waals surface area contributed by atoms with Gasteiger partial charge in [0.2, 0.25) is 6.10 Å². The lowest BCUT2D eigenvalue weighted by molar-refractivity contribution is -0.155. The molecule has 0 saturated carbocycles. The molecule has 2 aromatic carbocycles. The molecule has 2 atom stereocenters. The number of hydrogen-bond acceptors (Lipinski definition) is 6. The van der Waals surface area contributed by atoms with Crippen molar-refractivity contribution in [2.24, 2.45) is 5.92 Å². The highest BCUT2D eigenvalue weighted by Gasteiger charge is 2.32. The highest BCUT2D eigenvalue weighted by atomic mass is 32.2. The number of esters is 1. The van der Waals surface area contributed by atoms with Crippen molar-refractivity contribution in [3.8, 4) is 5.75 Å². The average Bonchev–Trinajstić information content (AvgIpc) is 3.05. The lowest BCUT2D eigenvalue weighted by atomic mass is 10.1. The van der Waals surface area contributed by atoms with Crippen molar-refractivity contribution in [3.05, 3.63) is 60.2 Å². The Labute approximate surface area is 169 Å². The standard InChI is InChI=1S/C21H23NO6S/c1-27-18-9-5-8-17(13-18)22-21(24)20(16-6-3-2-4-7-16)28-19(23)12-15-10-11-29(25,26)14-15/h2-9,13,15,20H,10-12,14H2,1H3,(H,22,24)/t15-,20+/m0/s1. The van der Waals surface area contributed by atoms with Gasteiger partial charge >= 0.3 is 5.97 Å². The molecule has 1 aliphatic heterocycles. The summed E-state index contributed by atoms with van der Waals surface area (Å²) in [6.45, 7) is 0. The summed E-state index contributed by atoms with van der Waals surface area (Å²) < 4.78 is 33.8. The molecule has 0 radical (unpaired) electrons. The van der Waals surface area contributed by atoms with Crippen molar-refractivity contribution in [2.45, 2.75) is 18.9 Å². The van der Waals surface area contributed by atoms with Crippen molar-refractivity contribution in [1.82, 2.24) is 0 Å². The summed E-state index contributed by atoms with van der Waals surface area (Å²) in [6, 6.07) is 15.5. The number of ether oxygens (including phenoxy) is 2. The van der Waals surface area contributed by atoms with Crippen LogP contribution >= 0.6 is 0 Å². The zero-order valence-electron chi connectivity index (χ0n) is 16.0. The van der Waals surface area contributed by atoms with Crippen LogP contribution in [0.5, 0.6) is 5.75 Å². The number of anilines is 1. The second-order valence-electron chi connectivity index (χ2n) is 6.97. The first-order chi connectivity index (χ1) is 13.9. The third-order valence-electron chi connectivity index (χ3n) is 4.71. The molecule has 1 saturated heterocycles. The Morgan fingerprint density at radius 2 is 1.90 bits per heavy atom. The van der Waals surface area contributed by atoms with Crippen LogP contribution in [0.4, 0.5) is 5.69 Å². The van der Waals surface area contributed by atoms with E-state index in [4.69, 9.17) is 9.47 Å². The minimum atomic E-state index is -3.08. The molecule has 0 aromatic heterocycles. The fourth-order valence-corrected chi connectivity index (χ4v) is 5.12. The van der Waals surface area contributed by atoms with Gasteiger partial charge in [-0.25, -0.2) is 8.42 Å². The maximum atomic E-state index is 12.9. The predicted molar refractivity (Wildman–Crippen MR) is 108 cm³/mol. The fraction of sp³-hybridized carbons (Fsp3) is 0.333. The third-order valence-corrected chi connectivity index (χ3v) is 6.55. The number of rotatable bonds is 7. The molecule has 2 aromatic rings. The predicted octanol–water partition coefficient (Wildman–Crippen LogP) is 2.74. The number of hydrogen-bond donors (Lipinski definition) is 1. The summed E-state index contributed by atoms with van der Waals surface area (Å²) in [5, 5.41) is 2.74. The van der Waals surface area contributed by atoms with Crippen LogP contribution in [0, 0.1) is 5.92 Å². The molecule has 0 unspecified atom stereocenters. The monoisotopic (exact) mass is 417 g/mol. The van der Waals surface area contributed by atoms with E-state index in [1.807, 2.05) is 0 Å². The van der Waals surface area contributed by atoms with Crippen LogP contribution in [0.2, 0.25) is 0 Å². The molecule has 1 heterocycles. The van der Waals surface area contributed by atoms with Gasteiger partial charge in [-0.05, 0) is 24.5 Å². The van der Waals surface area contributed by atoms with Crippen molar-refractivity contribution in [3.63, 3.8) is 0 Å². The summed E-state index contributed by atoms with van der Waals surface area (Å²) in [7, 11) is -1.56. The fourth-order valence-electron chi connectivity index (χ4n) is 3.26. The minimum Gasteiger partial charge on any atom is -0.497 e. The summed E-state index contributed by atoms with van der Waals surface area (Å²) >= 11 is 0. The molecular weight excluding hydrogens is 394 g/mol. The molecule has 8 heteroatoms. The normalized spacial score (nSPS) is 18.6. The molecule has 0 spiro atoms. The van der Waals surface area contributed by atoms with E-state index in [9.17, 15) is 18.0 Å². The maximum absolute atomic E-state index is 12.9. The van der Waals surface area contributed by atoms with Crippen molar-refractivity contribution in [2.75, 3.05) is 23.9 Å². The van der Waals surface area contributed by atoms with Gasteiger partial charge < -0.3 is 14.8 Å². The summed E-state index contributed by atoms with van der Waals surface area (Å²) in [5.41, 5.74) is 1.04. The van der Waals surface area contributed by atoms with E-state index in [1.54, 1.807) is 54.6 Å². The van der Waals surface area contributed by atoms with Crippen LogP contribution < -0.4 is 10.1 Å². The molecule has 7 nitrogen and oxygen atoms in total. The van der Waals surface area contributed by atoms with Gasteiger partial charge in [0.15, 0.2) is 9.84 Å². The summed E-state index contributed by atoms with van der Waals surface area (Å²) in [4.78, 5) is 25.3. The van der Waals surface area contributed by atoms with E-state index < -0.39 is 27.8 Å². The smallest absolute Gasteiger partial charge is 0.307 e. The number of nitrogens with one attached hydrogen (secondary N) is 1. The molecule has 1 aliphatic rings. The van der Waals surface area contributed by atoms with Crippen LogP contribution in [-0.4, -0.2) is 38.9 Å². The Kier molecular flexibility index (Phi) is 6.53. The zero-order valence-corrected chi connectivity index (χ0v) is 16.9. The lowest BCUT2D eigenvalue weighted by Crippen LogP contribution is -2.26. The Hall–Kier alpha value is -2.87. The van der Waals surface area contributed by atoms with E-state index in [1.165, 1.54) is 7.11 Å². The van der Waals surface area contributed by atoms with Crippen molar-refractivity contribution < 1.29 is 27.5 Å². The summed E-state index contributed by atoms with van der Waals surface area (Å²) in [5.74, 6) is -0.722. The van der Waals surface area contributed by atoms with E-state index in [0.29, 0.717) is 23.4 Å². The van der Waals surface area contributed by atoms with E-state index in [2.05, 4.69) is 5.32 Å². The SMILES string of the molecule is COc1cccc(NC(=O)[C@H](OC(=O)C[C@@H]2CCS(=O)(=O)C2)c2ccccc2)c1. The number of amides is 1. The van der Waals surface area contributed by atoms with Crippen LogP contribution in [0.1, 0.15) is 24.5 Å². The van der Waals surface area contributed by atoms with Crippen molar-refractivity contribution >= 4 is 27.4 Å². The Bertz CT molecular complexity index is 974. The molecule has 1 amide bonds. The van der Waals surface area contributed by atoms with Gasteiger partial charge in [0.1, 0.15) is 5.75 Å². The first-order valence-corrected chi connectivity index (χ1v) is 11.1. The molecule has 1 fully saturated rings. The molecule has 154 valence electrons. The molecular formula is C21H23NO6S. The number of carbonyl (C=O) groups excluding carboxylic acids is 2. The largest absolute Gasteiger partial charge is 0.497 e. The molecule has 0 bridgehead atoms. The quantitative estimate of drug-likeness (QED) is 0.696. The lowest BCUT2D eigenvalue weighted by Gasteiger charge is -2.19. The number of sulfone groups is 1. The zero-order chi connectivity index (χ0) is 20.9. The molecule has 29 heavy (non-hydrogen) atoms. The van der Waals surface area contributed by atoms with Crippen LogP contribution in [0.3, 0.4) is 0 Å². The van der Waals surface area contributed by atoms with Gasteiger partial charge in [0, 0.05) is 23.7 Å². The topological polar surface area (TPSA) is 98.8 Å². The highest BCUT2D eigenvalue weighted by Crippen LogP contribution is 2.26. The van der Waals surface area contributed by atoms with E-state index >= 15 is 0 Å². The number of methoxy groups -OCH3 is 1. The van der Waals surface area contributed by atoms with Gasteiger partial charge in [0.25, 0.3) is 5.91 Å². The van der Waals surface area contributed by atoms with Crippen LogP contribution in [0.25, 0.3) is 0 Å². The first kappa shape index (κ1) is 20.9.